The van der Waals surface area contributed by atoms with Crippen LogP contribution in [0.4, 0.5) is 11.5 Å². The number of rotatable bonds is 4. The number of nitrogens with one attached hydrogen (secondary N) is 1. The number of anilines is 2. The molecule has 3 rings (SSSR count). The van der Waals surface area contributed by atoms with E-state index in [1.807, 2.05) is 25.1 Å². The molecule has 2 heterocycles. The highest BCUT2D eigenvalue weighted by Crippen LogP contribution is 2.34. The number of pyridine rings is 1. The van der Waals surface area contributed by atoms with E-state index in [1.165, 1.54) is 6.20 Å². The lowest BCUT2D eigenvalue weighted by atomic mass is 10.1. The Morgan fingerprint density at radius 3 is 2.88 bits per heavy atom. The molecule has 1 unspecified atom stereocenters. The number of halogens is 1. The minimum Gasteiger partial charge on any atom is -0.495 e. The zero-order chi connectivity index (χ0) is 18.0. The molecule has 6 nitrogen and oxygen atoms in total. The van der Waals surface area contributed by atoms with Crippen LogP contribution in [-0.2, 0) is 9.59 Å². The molecule has 25 heavy (non-hydrogen) atoms. The first kappa shape index (κ1) is 17.2. The molecule has 7 heteroatoms. The third kappa shape index (κ3) is 3.74. The fourth-order valence-electron chi connectivity index (χ4n) is 2.83. The van der Waals surface area contributed by atoms with Gasteiger partial charge in [-0.1, -0.05) is 17.7 Å². The van der Waals surface area contributed by atoms with Gasteiger partial charge >= 0.3 is 0 Å². The predicted octanol–water partition coefficient (Wildman–Crippen LogP) is 3.04. The summed E-state index contributed by atoms with van der Waals surface area (Å²) in [5.74, 6) is 0.159. The fraction of sp³-hybridized carbons (Fsp3) is 0.278. The van der Waals surface area contributed by atoms with E-state index < -0.39 is 5.92 Å². The molecule has 1 aliphatic heterocycles. The highest BCUT2D eigenvalue weighted by molar-refractivity contribution is 6.30. The van der Waals surface area contributed by atoms with Crippen molar-refractivity contribution in [2.75, 3.05) is 23.9 Å². The second kappa shape index (κ2) is 7.11. The molecule has 1 saturated heterocycles. The summed E-state index contributed by atoms with van der Waals surface area (Å²) >= 11 is 5.90. The molecule has 130 valence electrons. The summed E-state index contributed by atoms with van der Waals surface area (Å²) < 4.78 is 5.35. The van der Waals surface area contributed by atoms with Crippen molar-refractivity contribution in [3.05, 3.63) is 47.1 Å². The molecular formula is C18H18ClN3O3. The van der Waals surface area contributed by atoms with Gasteiger partial charge in [-0.2, -0.15) is 0 Å². The third-order valence-electron chi connectivity index (χ3n) is 4.09. The zero-order valence-corrected chi connectivity index (χ0v) is 14.7. The molecule has 1 atom stereocenters. The Bertz CT molecular complexity index is 825. The van der Waals surface area contributed by atoms with E-state index in [0.717, 1.165) is 5.56 Å². The van der Waals surface area contributed by atoms with Gasteiger partial charge in [0.1, 0.15) is 11.6 Å². The van der Waals surface area contributed by atoms with Gasteiger partial charge in [0.15, 0.2) is 0 Å². The Morgan fingerprint density at radius 1 is 1.36 bits per heavy atom. The number of hydrogen-bond acceptors (Lipinski definition) is 4. The maximum atomic E-state index is 12.5. The maximum Gasteiger partial charge on any atom is 0.230 e. The first-order valence-corrected chi connectivity index (χ1v) is 8.23. The largest absolute Gasteiger partial charge is 0.495 e. The number of ether oxygens (including phenoxy) is 1. The van der Waals surface area contributed by atoms with Gasteiger partial charge in [-0.15, -0.1) is 0 Å². The van der Waals surface area contributed by atoms with Crippen molar-refractivity contribution >= 4 is 34.9 Å². The number of aryl methyl sites for hydroxylation is 1. The van der Waals surface area contributed by atoms with E-state index in [2.05, 4.69) is 10.3 Å². The lowest BCUT2D eigenvalue weighted by Crippen LogP contribution is -2.28. The maximum absolute atomic E-state index is 12.5. The number of amides is 2. The van der Waals surface area contributed by atoms with Crippen LogP contribution >= 0.6 is 11.6 Å². The minimum absolute atomic E-state index is 0.108. The summed E-state index contributed by atoms with van der Waals surface area (Å²) in [6.07, 6.45) is 1.66. The van der Waals surface area contributed by atoms with Crippen molar-refractivity contribution in [2.45, 2.75) is 13.3 Å². The van der Waals surface area contributed by atoms with Crippen LogP contribution in [0.15, 0.2) is 36.5 Å². The highest BCUT2D eigenvalue weighted by Gasteiger charge is 2.36. The van der Waals surface area contributed by atoms with Crippen LogP contribution in [0.25, 0.3) is 0 Å². The lowest BCUT2D eigenvalue weighted by Gasteiger charge is -2.20. The molecule has 1 aromatic carbocycles. The van der Waals surface area contributed by atoms with Crippen LogP contribution in [0.1, 0.15) is 12.0 Å². The summed E-state index contributed by atoms with van der Waals surface area (Å²) in [5.41, 5.74) is 1.70. The summed E-state index contributed by atoms with van der Waals surface area (Å²) in [7, 11) is 1.56. The van der Waals surface area contributed by atoms with Gasteiger partial charge in [-0.3, -0.25) is 9.59 Å². The average Bonchev–Trinajstić information content (AvgIpc) is 2.96. The molecule has 1 aliphatic rings. The number of aromatic nitrogens is 1. The van der Waals surface area contributed by atoms with E-state index in [9.17, 15) is 9.59 Å². The molecule has 1 N–H and O–H groups in total. The van der Waals surface area contributed by atoms with Crippen LogP contribution in [0.2, 0.25) is 5.02 Å². The Morgan fingerprint density at radius 2 is 2.16 bits per heavy atom. The van der Waals surface area contributed by atoms with E-state index in [0.29, 0.717) is 28.8 Å². The SMILES string of the molecule is COc1ccc(C)cc1N1CC(C(=O)Nc2cc(Cl)ccn2)CC1=O. The fourth-order valence-corrected chi connectivity index (χ4v) is 2.99. The third-order valence-corrected chi connectivity index (χ3v) is 4.33. The van der Waals surface area contributed by atoms with Crippen molar-refractivity contribution in [3.63, 3.8) is 0 Å². The number of carbonyl (C=O) groups excluding carboxylic acids is 2. The standard InChI is InChI=1S/C18H18ClN3O3/c1-11-3-4-15(25-2)14(7-11)22-10-12(8-17(22)23)18(24)21-16-9-13(19)5-6-20-16/h3-7,9,12H,8,10H2,1-2H3,(H,20,21,24). The molecule has 0 aliphatic carbocycles. The Balaban J connectivity index is 1.76. The number of carbonyl (C=O) groups is 2. The van der Waals surface area contributed by atoms with Gasteiger partial charge < -0.3 is 15.0 Å². The summed E-state index contributed by atoms with van der Waals surface area (Å²) in [5, 5.41) is 3.20. The van der Waals surface area contributed by atoms with Gasteiger partial charge in [0.05, 0.1) is 18.7 Å². The normalized spacial score (nSPS) is 16.8. The zero-order valence-electron chi connectivity index (χ0n) is 14.0. The Labute approximate surface area is 150 Å². The molecule has 1 fully saturated rings. The van der Waals surface area contributed by atoms with Gasteiger partial charge in [-0.05, 0) is 36.8 Å². The van der Waals surface area contributed by atoms with Crippen molar-refractivity contribution in [1.29, 1.82) is 0 Å². The smallest absolute Gasteiger partial charge is 0.230 e. The molecule has 2 amide bonds. The van der Waals surface area contributed by atoms with Crippen molar-refractivity contribution in [3.8, 4) is 5.75 Å². The van der Waals surface area contributed by atoms with Crippen LogP contribution in [0.5, 0.6) is 5.75 Å². The lowest BCUT2D eigenvalue weighted by molar-refractivity contribution is -0.122. The number of methoxy groups -OCH3 is 1. The van der Waals surface area contributed by atoms with Gasteiger partial charge in [0.2, 0.25) is 11.8 Å². The topological polar surface area (TPSA) is 71.5 Å². The molecule has 1 aromatic heterocycles. The summed E-state index contributed by atoms with van der Waals surface area (Å²) in [6.45, 7) is 2.24. The van der Waals surface area contributed by atoms with E-state index >= 15 is 0 Å². The predicted molar refractivity (Wildman–Crippen MR) is 96.1 cm³/mol. The second-order valence-corrected chi connectivity index (χ2v) is 6.37. The second-order valence-electron chi connectivity index (χ2n) is 5.93. The first-order chi connectivity index (χ1) is 12.0. The molecule has 0 saturated carbocycles. The van der Waals surface area contributed by atoms with Crippen LogP contribution in [0, 0.1) is 12.8 Å². The summed E-state index contributed by atoms with van der Waals surface area (Å²) in [6, 6.07) is 8.81. The van der Waals surface area contributed by atoms with Crippen molar-refractivity contribution < 1.29 is 14.3 Å². The molecule has 0 spiro atoms. The Hall–Kier alpha value is -2.60. The quantitative estimate of drug-likeness (QED) is 0.910. The number of hydrogen-bond donors (Lipinski definition) is 1. The molecular weight excluding hydrogens is 342 g/mol. The summed E-state index contributed by atoms with van der Waals surface area (Å²) in [4.78, 5) is 30.5. The van der Waals surface area contributed by atoms with Crippen LogP contribution < -0.4 is 15.0 Å². The first-order valence-electron chi connectivity index (χ1n) is 7.85. The number of benzene rings is 1. The van der Waals surface area contributed by atoms with Crippen LogP contribution in [-0.4, -0.2) is 30.5 Å². The molecule has 0 bridgehead atoms. The van der Waals surface area contributed by atoms with Crippen molar-refractivity contribution in [2.24, 2.45) is 5.92 Å². The van der Waals surface area contributed by atoms with Gasteiger partial charge in [0.25, 0.3) is 0 Å². The Kier molecular flexibility index (Phi) is 4.90. The molecule has 2 aromatic rings. The molecule has 0 radical (unpaired) electrons. The van der Waals surface area contributed by atoms with E-state index in [-0.39, 0.29) is 18.2 Å². The van der Waals surface area contributed by atoms with E-state index in [4.69, 9.17) is 16.3 Å². The van der Waals surface area contributed by atoms with E-state index in [1.54, 1.807) is 24.1 Å². The number of nitrogens with zero attached hydrogens (tertiary/aromatic N) is 2. The van der Waals surface area contributed by atoms with Crippen LogP contribution in [0.3, 0.4) is 0 Å². The average molecular weight is 360 g/mol. The highest BCUT2D eigenvalue weighted by atomic mass is 35.5. The van der Waals surface area contributed by atoms with Gasteiger partial charge in [0, 0.05) is 24.2 Å². The van der Waals surface area contributed by atoms with Crippen molar-refractivity contribution in [1.82, 2.24) is 4.98 Å². The minimum atomic E-state index is -0.460. The monoisotopic (exact) mass is 359 g/mol. The van der Waals surface area contributed by atoms with Gasteiger partial charge in [-0.25, -0.2) is 4.98 Å².